The van der Waals surface area contributed by atoms with E-state index < -0.39 is 0 Å². The van der Waals surface area contributed by atoms with E-state index in [-0.39, 0.29) is 11.9 Å². The summed E-state index contributed by atoms with van der Waals surface area (Å²) < 4.78 is 4.95. The van der Waals surface area contributed by atoms with Crippen LogP contribution in [-0.2, 0) is 4.74 Å². The Morgan fingerprint density at radius 1 is 1.47 bits per heavy atom. The van der Waals surface area contributed by atoms with Gasteiger partial charge in [0.2, 0.25) is 0 Å². The van der Waals surface area contributed by atoms with Crippen molar-refractivity contribution in [2.24, 2.45) is 5.73 Å². The van der Waals surface area contributed by atoms with E-state index >= 15 is 0 Å². The van der Waals surface area contributed by atoms with Crippen LogP contribution < -0.4 is 5.73 Å². The molecule has 1 rings (SSSR count). The van der Waals surface area contributed by atoms with Crippen molar-refractivity contribution >= 4 is 5.91 Å². The monoisotopic (exact) mass is 236 g/mol. The molecule has 1 aromatic rings. The van der Waals surface area contributed by atoms with Crippen LogP contribution in [0.3, 0.4) is 0 Å². The normalized spacial score (nSPS) is 12.2. The number of amides is 1. The molecule has 0 bridgehead atoms. The van der Waals surface area contributed by atoms with Gasteiger partial charge in [-0.2, -0.15) is 0 Å². The molecule has 94 valence electrons. The van der Waals surface area contributed by atoms with Crippen LogP contribution in [0.25, 0.3) is 0 Å². The Labute approximate surface area is 102 Å². The molecule has 1 atom stereocenters. The number of likely N-dealkylation sites (N-methyl/N-ethyl adjacent to an activating group) is 1. The van der Waals surface area contributed by atoms with E-state index in [0.717, 1.165) is 11.1 Å². The quantitative estimate of drug-likeness (QED) is 0.831. The van der Waals surface area contributed by atoms with Crippen molar-refractivity contribution in [3.8, 4) is 0 Å². The maximum absolute atomic E-state index is 12.1. The number of methoxy groups -OCH3 is 1. The Kier molecular flexibility index (Phi) is 5.12. The predicted molar refractivity (Wildman–Crippen MR) is 68.0 cm³/mol. The summed E-state index contributed by atoms with van der Waals surface area (Å²) >= 11 is 0. The summed E-state index contributed by atoms with van der Waals surface area (Å²) in [6.45, 7) is 2.86. The van der Waals surface area contributed by atoms with Crippen LogP contribution in [-0.4, -0.2) is 44.2 Å². The van der Waals surface area contributed by atoms with Gasteiger partial charge in [-0.3, -0.25) is 4.79 Å². The summed E-state index contributed by atoms with van der Waals surface area (Å²) in [6, 6.07) is 7.39. The second kappa shape index (κ2) is 6.37. The zero-order valence-electron chi connectivity index (χ0n) is 10.6. The molecule has 0 aliphatic carbocycles. The molecular weight excluding hydrogens is 216 g/mol. The summed E-state index contributed by atoms with van der Waals surface area (Å²) in [5, 5.41) is 0. The molecule has 0 aromatic heterocycles. The van der Waals surface area contributed by atoms with E-state index in [0.29, 0.717) is 13.2 Å². The minimum absolute atomic E-state index is 0.00495. The zero-order chi connectivity index (χ0) is 12.8. The van der Waals surface area contributed by atoms with Gasteiger partial charge in [0, 0.05) is 32.3 Å². The van der Waals surface area contributed by atoms with Crippen molar-refractivity contribution in [3.63, 3.8) is 0 Å². The molecule has 1 unspecified atom stereocenters. The average molecular weight is 236 g/mol. The third kappa shape index (κ3) is 3.84. The Hall–Kier alpha value is -1.39. The number of carbonyl (C=O) groups is 1. The molecule has 1 aromatic carbocycles. The van der Waals surface area contributed by atoms with Crippen molar-refractivity contribution in [1.82, 2.24) is 4.90 Å². The molecule has 0 saturated carbocycles. The van der Waals surface area contributed by atoms with Gasteiger partial charge in [-0.25, -0.2) is 0 Å². The van der Waals surface area contributed by atoms with Crippen LogP contribution in [0.1, 0.15) is 15.9 Å². The first-order chi connectivity index (χ1) is 8.06. The predicted octanol–water partition coefficient (Wildman–Crippen LogP) is 1.04. The SMILES string of the molecule is COCC(N)CN(C)C(=O)c1ccccc1C. The van der Waals surface area contributed by atoms with Crippen LogP contribution >= 0.6 is 0 Å². The Morgan fingerprint density at radius 3 is 2.71 bits per heavy atom. The molecule has 2 N–H and O–H groups in total. The van der Waals surface area contributed by atoms with E-state index in [4.69, 9.17) is 10.5 Å². The minimum Gasteiger partial charge on any atom is -0.383 e. The molecule has 0 aliphatic heterocycles. The number of nitrogens with two attached hydrogens (primary N) is 1. The Bertz CT molecular complexity index is 379. The first-order valence-corrected chi connectivity index (χ1v) is 5.62. The highest BCUT2D eigenvalue weighted by Gasteiger charge is 2.15. The van der Waals surface area contributed by atoms with Gasteiger partial charge in [0.15, 0.2) is 0 Å². The molecule has 17 heavy (non-hydrogen) atoms. The van der Waals surface area contributed by atoms with Gasteiger partial charge in [0.1, 0.15) is 0 Å². The smallest absolute Gasteiger partial charge is 0.253 e. The maximum atomic E-state index is 12.1. The van der Waals surface area contributed by atoms with Crippen LogP contribution in [0.4, 0.5) is 0 Å². The number of carbonyl (C=O) groups excluding carboxylic acids is 1. The lowest BCUT2D eigenvalue weighted by molar-refractivity contribution is 0.0764. The summed E-state index contributed by atoms with van der Waals surface area (Å²) in [4.78, 5) is 13.8. The van der Waals surface area contributed by atoms with Crippen molar-refractivity contribution in [2.75, 3.05) is 27.3 Å². The molecule has 4 nitrogen and oxygen atoms in total. The Balaban J connectivity index is 2.67. The lowest BCUT2D eigenvalue weighted by Crippen LogP contribution is -2.41. The topological polar surface area (TPSA) is 55.6 Å². The second-order valence-corrected chi connectivity index (χ2v) is 4.22. The molecule has 0 fully saturated rings. The fourth-order valence-electron chi connectivity index (χ4n) is 1.72. The molecule has 0 radical (unpaired) electrons. The number of nitrogens with zero attached hydrogens (tertiary/aromatic N) is 1. The van der Waals surface area contributed by atoms with Gasteiger partial charge in [-0.05, 0) is 18.6 Å². The molecular formula is C13H20N2O2. The highest BCUT2D eigenvalue weighted by Crippen LogP contribution is 2.09. The Morgan fingerprint density at radius 2 is 2.12 bits per heavy atom. The van der Waals surface area contributed by atoms with Crippen LogP contribution in [0.5, 0.6) is 0 Å². The van der Waals surface area contributed by atoms with Crippen molar-refractivity contribution < 1.29 is 9.53 Å². The maximum Gasteiger partial charge on any atom is 0.253 e. The third-order valence-corrected chi connectivity index (χ3v) is 2.61. The van der Waals surface area contributed by atoms with E-state index in [1.807, 2.05) is 31.2 Å². The number of aryl methyl sites for hydroxylation is 1. The van der Waals surface area contributed by atoms with Crippen molar-refractivity contribution in [2.45, 2.75) is 13.0 Å². The van der Waals surface area contributed by atoms with Crippen LogP contribution in [0, 0.1) is 6.92 Å². The summed E-state index contributed by atoms with van der Waals surface area (Å²) in [5.74, 6) is -0.00495. The van der Waals surface area contributed by atoms with Crippen molar-refractivity contribution in [3.05, 3.63) is 35.4 Å². The number of hydrogen-bond donors (Lipinski definition) is 1. The molecule has 1 amide bonds. The molecule has 0 spiro atoms. The van der Waals surface area contributed by atoms with Crippen LogP contribution in [0.2, 0.25) is 0 Å². The fourth-order valence-corrected chi connectivity index (χ4v) is 1.72. The van der Waals surface area contributed by atoms with Gasteiger partial charge >= 0.3 is 0 Å². The summed E-state index contributed by atoms with van der Waals surface area (Å²) in [7, 11) is 3.35. The summed E-state index contributed by atoms with van der Waals surface area (Å²) in [6.07, 6.45) is 0. The van der Waals surface area contributed by atoms with E-state index in [2.05, 4.69) is 0 Å². The largest absolute Gasteiger partial charge is 0.383 e. The van der Waals surface area contributed by atoms with Gasteiger partial charge in [-0.15, -0.1) is 0 Å². The standard InChI is InChI=1S/C13H20N2O2/c1-10-6-4-5-7-12(10)13(16)15(2)8-11(14)9-17-3/h4-7,11H,8-9,14H2,1-3H3. The molecule has 0 aliphatic rings. The van der Waals surface area contributed by atoms with Gasteiger partial charge in [0.25, 0.3) is 5.91 Å². The van der Waals surface area contributed by atoms with Crippen molar-refractivity contribution in [1.29, 1.82) is 0 Å². The number of rotatable bonds is 5. The van der Waals surface area contributed by atoms with E-state index in [9.17, 15) is 4.79 Å². The van der Waals surface area contributed by atoms with Crippen LogP contribution in [0.15, 0.2) is 24.3 Å². The average Bonchev–Trinajstić information content (AvgIpc) is 2.29. The third-order valence-electron chi connectivity index (χ3n) is 2.61. The number of ether oxygens (including phenoxy) is 1. The zero-order valence-corrected chi connectivity index (χ0v) is 10.6. The van der Waals surface area contributed by atoms with Gasteiger partial charge in [-0.1, -0.05) is 18.2 Å². The minimum atomic E-state index is -0.155. The highest BCUT2D eigenvalue weighted by atomic mass is 16.5. The molecule has 0 heterocycles. The lowest BCUT2D eigenvalue weighted by Gasteiger charge is -2.21. The second-order valence-electron chi connectivity index (χ2n) is 4.22. The summed E-state index contributed by atoms with van der Waals surface area (Å²) in [5.41, 5.74) is 7.52. The molecule has 4 heteroatoms. The lowest BCUT2D eigenvalue weighted by atomic mass is 10.1. The first-order valence-electron chi connectivity index (χ1n) is 5.62. The first kappa shape index (κ1) is 13.7. The number of hydrogen-bond acceptors (Lipinski definition) is 3. The van der Waals surface area contributed by atoms with E-state index in [1.165, 1.54) is 0 Å². The fraction of sp³-hybridized carbons (Fsp3) is 0.462. The number of benzene rings is 1. The van der Waals surface area contributed by atoms with Gasteiger partial charge in [0.05, 0.1) is 6.61 Å². The highest BCUT2D eigenvalue weighted by molar-refractivity contribution is 5.95. The van der Waals surface area contributed by atoms with Gasteiger partial charge < -0.3 is 15.4 Å². The van der Waals surface area contributed by atoms with E-state index in [1.54, 1.807) is 19.1 Å². The molecule has 0 saturated heterocycles.